The summed E-state index contributed by atoms with van der Waals surface area (Å²) < 4.78 is 3.04. The van der Waals surface area contributed by atoms with E-state index >= 15 is 0 Å². The fourth-order valence-corrected chi connectivity index (χ4v) is 2.00. The van der Waals surface area contributed by atoms with Crippen LogP contribution in [0.2, 0.25) is 0 Å². The minimum absolute atomic E-state index is 0.442. The van der Waals surface area contributed by atoms with Crippen LogP contribution >= 0.6 is 0 Å². The second-order valence-corrected chi connectivity index (χ2v) is 3.59. The van der Waals surface area contributed by atoms with E-state index in [0.717, 1.165) is 11.0 Å². The van der Waals surface area contributed by atoms with Gasteiger partial charge in [-0.05, 0) is 26.0 Å². The summed E-state index contributed by atoms with van der Waals surface area (Å²) in [7, 11) is 0. The Labute approximate surface area is 92.8 Å². The van der Waals surface area contributed by atoms with Gasteiger partial charge in [-0.3, -0.25) is 9.59 Å². The SMILES string of the molecule is CCn1c(=O)c(=O)n(CC)c2ccccc21. The molecule has 2 rings (SSSR count). The number of hydrogen-bond acceptors (Lipinski definition) is 2. The van der Waals surface area contributed by atoms with Gasteiger partial charge in [-0.2, -0.15) is 0 Å². The molecule has 0 atom stereocenters. The van der Waals surface area contributed by atoms with E-state index in [1.807, 2.05) is 38.1 Å². The Morgan fingerprint density at radius 3 is 1.56 bits per heavy atom. The van der Waals surface area contributed by atoms with Gasteiger partial charge in [0.1, 0.15) is 0 Å². The third kappa shape index (κ3) is 1.38. The minimum Gasteiger partial charge on any atom is -0.302 e. The van der Waals surface area contributed by atoms with E-state index in [2.05, 4.69) is 0 Å². The van der Waals surface area contributed by atoms with E-state index in [1.54, 1.807) is 0 Å². The van der Waals surface area contributed by atoms with Gasteiger partial charge in [0, 0.05) is 13.1 Å². The van der Waals surface area contributed by atoms with Crippen molar-refractivity contribution in [2.24, 2.45) is 0 Å². The molecular formula is C12H14N2O2. The van der Waals surface area contributed by atoms with E-state index in [4.69, 9.17) is 0 Å². The van der Waals surface area contributed by atoms with Gasteiger partial charge in [-0.25, -0.2) is 0 Å². The van der Waals surface area contributed by atoms with Crippen LogP contribution in [0.25, 0.3) is 11.0 Å². The van der Waals surface area contributed by atoms with Gasteiger partial charge in [-0.15, -0.1) is 0 Å². The first kappa shape index (κ1) is 10.7. The minimum atomic E-state index is -0.442. The largest absolute Gasteiger partial charge is 0.316 e. The highest BCUT2D eigenvalue weighted by atomic mass is 16.2. The number of aromatic nitrogens is 2. The zero-order valence-corrected chi connectivity index (χ0v) is 9.43. The van der Waals surface area contributed by atoms with Crippen LogP contribution in [0.15, 0.2) is 33.9 Å². The molecule has 0 aliphatic rings. The third-order valence-corrected chi connectivity index (χ3v) is 2.77. The maximum Gasteiger partial charge on any atom is 0.316 e. The Morgan fingerprint density at radius 2 is 1.25 bits per heavy atom. The molecule has 84 valence electrons. The average Bonchev–Trinajstić information content (AvgIpc) is 2.31. The molecule has 4 nitrogen and oxygen atoms in total. The van der Waals surface area contributed by atoms with Crippen molar-refractivity contribution in [1.29, 1.82) is 0 Å². The lowest BCUT2D eigenvalue weighted by molar-refractivity contribution is 0.682. The van der Waals surface area contributed by atoms with Crippen LogP contribution in [-0.2, 0) is 13.1 Å². The second kappa shape index (κ2) is 3.96. The van der Waals surface area contributed by atoms with Crippen molar-refractivity contribution in [3.05, 3.63) is 45.0 Å². The van der Waals surface area contributed by atoms with Gasteiger partial charge in [0.2, 0.25) is 0 Å². The summed E-state index contributed by atoms with van der Waals surface area (Å²) in [5.41, 5.74) is 0.749. The lowest BCUT2D eigenvalue weighted by Crippen LogP contribution is -2.41. The molecule has 1 aromatic heterocycles. The normalized spacial score (nSPS) is 10.9. The van der Waals surface area contributed by atoms with Crippen LogP contribution in [0, 0.1) is 0 Å². The summed E-state index contributed by atoms with van der Waals surface area (Å²) in [6.07, 6.45) is 0. The molecule has 0 aliphatic heterocycles. The number of rotatable bonds is 2. The van der Waals surface area contributed by atoms with Gasteiger partial charge in [0.15, 0.2) is 0 Å². The predicted molar refractivity (Wildman–Crippen MR) is 63.8 cm³/mol. The molecule has 1 heterocycles. The molecular weight excluding hydrogens is 204 g/mol. The predicted octanol–water partition coefficient (Wildman–Crippen LogP) is 1.20. The molecule has 4 heteroatoms. The van der Waals surface area contributed by atoms with Crippen molar-refractivity contribution >= 4 is 11.0 Å². The van der Waals surface area contributed by atoms with Crippen LogP contribution < -0.4 is 11.1 Å². The van der Waals surface area contributed by atoms with Crippen LogP contribution in [0.5, 0.6) is 0 Å². The first-order valence-electron chi connectivity index (χ1n) is 5.43. The Morgan fingerprint density at radius 1 is 0.875 bits per heavy atom. The molecule has 16 heavy (non-hydrogen) atoms. The van der Waals surface area contributed by atoms with Crippen LogP contribution in [0.4, 0.5) is 0 Å². The highest BCUT2D eigenvalue weighted by molar-refractivity contribution is 5.75. The summed E-state index contributed by atoms with van der Waals surface area (Å²) in [5, 5.41) is 0. The molecule has 0 N–H and O–H groups in total. The smallest absolute Gasteiger partial charge is 0.302 e. The molecule has 0 radical (unpaired) electrons. The maximum absolute atomic E-state index is 11.8. The topological polar surface area (TPSA) is 44.0 Å². The quantitative estimate of drug-likeness (QED) is 0.711. The fourth-order valence-electron chi connectivity index (χ4n) is 2.00. The van der Waals surface area contributed by atoms with Crippen molar-refractivity contribution in [2.45, 2.75) is 26.9 Å². The molecule has 0 bridgehead atoms. The second-order valence-electron chi connectivity index (χ2n) is 3.59. The van der Waals surface area contributed by atoms with Gasteiger partial charge < -0.3 is 9.13 Å². The Hall–Kier alpha value is -1.84. The number of benzene rings is 1. The summed E-state index contributed by atoms with van der Waals surface area (Å²) in [5.74, 6) is 0. The number of nitrogens with zero attached hydrogens (tertiary/aromatic N) is 2. The zero-order valence-electron chi connectivity index (χ0n) is 9.43. The number of hydrogen-bond donors (Lipinski definition) is 0. The van der Waals surface area contributed by atoms with Crippen molar-refractivity contribution in [1.82, 2.24) is 9.13 Å². The first-order valence-corrected chi connectivity index (χ1v) is 5.43. The molecule has 0 saturated heterocycles. The fraction of sp³-hybridized carbons (Fsp3) is 0.333. The van der Waals surface area contributed by atoms with Gasteiger partial charge in [-0.1, -0.05) is 12.1 Å². The van der Waals surface area contributed by atoms with Gasteiger partial charge >= 0.3 is 11.1 Å². The van der Waals surface area contributed by atoms with Crippen LogP contribution in [0.3, 0.4) is 0 Å². The third-order valence-electron chi connectivity index (χ3n) is 2.77. The lowest BCUT2D eigenvalue weighted by atomic mass is 10.3. The van der Waals surface area contributed by atoms with Crippen molar-refractivity contribution in [2.75, 3.05) is 0 Å². The van der Waals surface area contributed by atoms with Crippen LogP contribution in [0.1, 0.15) is 13.8 Å². The number of aryl methyl sites for hydroxylation is 2. The molecule has 0 saturated carbocycles. The number of para-hydroxylation sites is 2. The van der Waals surface area contributed by atoms with Gasteiger partial charge in [0.25, 0.3) is 0 Å². The first-order chi connectivity index (χ1) is 7.70. The molecule has 0 unspecified atom stereocenters. The highest BCUT2D eigenvalue weighted by Gasteiger charge is 2.09. The highest BCUT2D eigenvalue weighted by Crippen LogP contribution is 2.09. The van der Waals surface area contributed by atoms with E-state index in [0.29, 0.717) is 13.1 Å². The van der Waals surface area contributed by atoms with Crippen molar-refractivity contribution < 1.29 is 0 Å². The molecule has 0 fully saturated rings. The zero-order chi connectivity index (χ0) is 11.7. The number of fused-ring (bicyclic) bond motifs is 1. The summed E-state index contributed by atoms with van der Waals surface area (Å²) in [6, 6.07) is 7.48. The summed E-state index contributed by atoms with van der Waals surface area (Å²) in [6.45, 7) is 4.76. The van der Waals surface area contributed by atoms with E-state index in [1.165, 1.54) is 9.13 Å². The standard InChI is InChI=1S/C12H14N2O2/c1-3-13-9-7-5-6-8-10(9)14(4-2)12(16)11(13)15/h5-8H,3-4H2,1-2H3. The van der Waals surface area contributed by atoms with Crippen molar-refractivity contribution in [3.8, 4) is 0 Å². The summed E-state index contributed by atoms with van der Waals surface area (Å²) >= 11 is 0. The van der Waals surface area contributed by atoms with E-state index < -0.39 is 11.1 Å². The molecule has 0 aliphatic carbocycles. The van der Waals surface area contributed by atoms with E-state index in [-0.39, 0.29) is 0 Å². The van der Waals surface area contributed by atoms with Crippen LogP contribution in [-0.4, -0.2) is 9.13 Å². The average molecular weight is 218 g/mol. The molecule has 0 amide bonds. The van der Waals surface area contributed by atoms with Crippen molar-refractivity contribution in [3.63, 3.8) is 0 Å². The van der Waals surface area contributed by atoms with Gasteiger partial charge in [0.05, 0.1) is 11.0 Å². The lowest BCUT2D eigenvalue weighted by Gasteiger charge is -2.11. The molecule has 2 aromatic rings. The Bertz CT molecular complexity index is 581. The Kier molecular flexibility index (Phi) is 2.64. The van der Waals surface area contributed by atoms with E-state index in [9.17, 15) is 9.59 Å². The summed E-state index contributed by atoms with van der Waals surface area (Å²) in [4.78, 5) is 23.6. The maximum atomic E-state index is 11.8. The molecule has 1 aromatic carbocycles. The molecule has 0 spiro atoms. The Balaban J connectivity index is 3.08. The monoisotopic (exact) mass is 218 g/mol.